The largest absolute Gasteiger partial charge is 0.392 e. The summed E-state index contributed by atoms with van der Waals surface area (Å²) in [6.07, 6.45) is 0.463. The van der Waals surface area contributed by atoms with Crippen molar-refractivity contribution in [3.63, 3.8) is 0 Å². The van der Waals surface area contributed by atoms with Crippen molar-refractivity contribution in [2.24, 2.45) is 0 Å². The molecule has 0 radical (unpaired) electrons. The van der Waals surface area contributed by atoms with E-state index in [-0.39, 0.29) is 17.1 Å². The summed E-state index contributed by atoms with van der Waals surface area (Å²) in [5.41, 5.74) is -0.162. The molecule has 19 heavy (non-hydrogen) atoms. The highest BCUT2D eigenvalue weighted by molar-refractivity contribution is 7.89. The number of hydrogen-bond donors (Lipinski definition) is 2. The van der Waals surface area contributed by atoms with Crippen LogP contribution in [-0.4, -0.2) is 33.8 Å². The number of aliphatic hydroxyl groups excluding tert-OH is 1. The number of aliphatic hydroxyl groups is 1. The molecule has 0 aliphatic carbocycles. The molecule has 0 saturated heterocycles. The summed E-state index contributed by atoms with van der Waals surface area (Å²) in [5, 5.41) is 8.99. The zero-order valence-corrected chi connectivity index (χ0v) is 11.9. The van der Waals surface area contributed by atoms with E-state index in [2.05, 4.69) is 4.72 Å². The first-order chi connectivity index (χ1) is 8.92. The molecule has 2 N–H and O–H groups in total. The SMILES string of the molecule is COCCCNS(=O)(=O)c1cc(Cl)cc(CO)c1F. The van der Waals surface area contributed by atoms with Crippen molar-refractivity contribution >= 4 is 21.6 Å². The topological polar surface area (TPSA) is 75.6 Å². The first-order valence-corrected chi connectivity index (χ1v) is 7.36. The zero-order chi connectivity index (χ0) is 14.5. The molecule has 1 aromatic rings. The third-order valence-electron chi connectivity index (χ3n) is 2.36. The Hall–Kier alpha value is -0.730. The van der Waals surface area contributed by atoms with Gasteiger partial charge < -0.3 is 9.84 Å². The number of sulfonamides is 1. The fraction of sp³-hybridized carbons (Fsp3) is 0.455. The maximum absolute atomic E-state index is 13.9. The van der Waals surface area contributed by atoms with Gasteiger partial charge in [0.1, 0.15) is 10.7 Å². The molecule has 0 amide bonds. The van der Waals surface area contributed by atoms with Gasteiger partial charge in [-0.25, -0.2) is 17.5 Å². The number of hydrogen-bond acceptors (Lipinski definition) is 4. The van der Waals surface area contributed by atoms with Crippen LogP contribution in [0.25, 0.3) is 0 Å². The van der Waals surface area contributed by atoms with Gasteiger partial charge in [-0.2, -0.15) is 0 Å². The van der Waals surface area contributed by atoms with E-state index in [0.29, 0.717) is 13.0 Å². The Morgan fingerprint density at radius 1 is 1.47 bits per heavy atom. The maximum atomic E-state index is 13.9. The van der Waals surface area contributed by atoms with E-state index in [4.69, 9.17) is 21.4 Å². The summed E-state index contributed by atoms with van der Waals surface area (Å²) >= 11 is 5.70. The predicted octanol–water partition coefficient (Wildman–Crippen LogP) is 1.29. The van der Waals surface area contributed by atoms with Crippen LogP contribution in [0.15, 0.2) is 17.0 Å². The Bertz CT molecular complexity index is 536. The Balaban J connectivity index is 2.98. The Labute approximate surface area is 116 Å². The fourth-order valence-corrected chi connectivity index (χ4v) is 2.95. The van der Waals surface area contributed by atoms with Crippen molar-refractivity contribution in [1.82, 2.24) is 4.72 Å². The lowest BCUT2D eigenvalue weighted by atomic mass is 10.2. The Morgan fingerprint density at radius 3 is 2.74 bits per heavy atom. The van der Waals surface area contributed by atoms with E-state index in [9.17, 15) is 12.8 Å². The molecular formula is C11H15ClFNO4S. The highest BCUT2D eigenvalue weighted by atomic mass is 35.5. The second kappa shape index (κ2) is 7.16. The Kier molecular flexibility index (Phi) is 6.15. The van der Waals surface area contributed by atoms with Crippen LogP contribution >= 0.6 is 11.6 Å². The lowest BCUT2D eigenvalue weighted by Crippen LogP contribution is -2.26. The smallest absolute Gasteiger partial charge is 0.243 e. The average Bonchev–Trinajstić information content (AvgIpc) is 2.37. The first kappa shape index (κ1) is 16.3. The standard InChI is InChI=1S/C11H15ClFNO4S/c1-18-4-2-3-14-19(16,17)10-6-9(12)5-8(7-15)11(10)13/h5-6,14-15H,2-4,7H2,1H3. The lowest BCUT2D eigenvalue weighted by Gasteiger charge is -2.10. The molecule has 0 spiro atoms. The van der Waals surface area contributed by atoms with E-state index < -0.39 is 27.3 Å². The van der Waals surface area contributed by atoms with Crippen molar-refractivity contribution in [2.75, 3.05) is 20.3 Å². The molecule has 1 aromatic carbocycles. The van der Waals surface area contributed by atoms with Crippen LogP contribution in [0, 0.1) is 5.82 Å². The number of rotatable bonds is 7. The minimum atomic E-state index is -4.00. The van der Waals surface area contributed by atoms with Gasteiger partial charge in [-0.1, -0.05) is 11.6 Å². The van der Waals surface area contributed by atoms with Crippen molar-refractivity contribution < 1.29 is 22.7 Å². The van der Waals surface area contributed by atoms with Crippen LogP contribution in [0.3, 0.4) is 0 Å². The molecule has 108 valence electrons. The molecule has 8 heteroatoms. The molecule has 0 aliphatic rings. The highest BCUT2D eigenvalue weighted by Crippen LogP contribution is 2.23. The molecule has 0 atom stereocenters. The molecule has 0 fully saturated rings. The van der Waals surface area contributed by atoms with E-state index in [1.165, 1.54) is 13.2 Å². The predicted molar refractivity (Wildman–Crippen MR) is 69.0 cm³/mol. The third kappa shape index (κ3) is 4.39. The molecule has 0 saturated carbocycles. The number of ether oxygens (including phenoxy) is 1. The molecule has 1 rings (SSSR count). The summed E-state index contributed by atoms with van der Waals surface area (Å²) in [6.45, 7) is -0.113. The van der Waals surface area contributed by atoms with Crippen LogP contribution < -0.4 is 4.72 Å². The van der Waals surface area contributed by atoms with Gasteiger partial charge in [-0.05, 0) is 18.6 Å². The van der Waals surface area contributed by atoms with Gasteiger partial charge in [0.05, 0.1) is 6.61 Å². The van der Waals surface area contributed by atoms with Gasteiger partial charge in [-0.15, -0.1) is 0 Å². The summed E-state index contributed by atoms with van der Waals surface area (Å²) < 4.78 is 44.7. The van der Waals surface area contributed by atoms with Crippen molar-refractivity contribution in [2.45, 2.75) is 17.9 Å². The second-order valence-corrected chi connectivity index (χ2v) is 5.95. The number of benzene rings is 1. The molecular weight excluding hydrogens is 297 g/mol. The van der Waals surface area contributed by atoms with E-state index in [1.807, 2.05) is 0 Å². The fourth-order valence-electron chi connectivity index (χ4n) is 1.43. The molecule has 5 nitrogen and oxygen atoms in total. The first-order valence-electron chi connectivity index (χ1n) is 5.49. The molecule has 0 aliphatic heterocycles. The van der Waals surface area contributed by atoms with Crippen LogP contribution in [0.2, 0.25) is 5.02 Å². The van der Waals surface area contributed by atoms with Crippen LogP contribution in [0.4, 0.5) is 4.39 Å². The van der Waals surface area contributed by atoms with E-state index >= 15 is 0 Å². The summed E-state index contributed by atoms with van der Waals surface area (Å²) in [5.74, 6) is -0.994. The lowest BCUT2D eigenvalue weighted by molar-refractivity contribution is 0.196. The Morgan fingerprint density at radius 2 is 2.16 bits per heavy atom. The zero-order valence-electron chi connectivity index (χ0n) is 10.3. The van der Waals surface area contributed by atoms with Gasteiger partial charge in [0.2, 0.25) is 10.0 Å². The van der Waals surface area contributed by atoms with Gasteiger partial charge in [0, 0.05) is 30.8 Å². The summed E-state index contributed by atoms with van der Waals surface area (Å²) in [7, 11) is -2.50. The number of nitrogens with one attached hydrogen (secondary N) is 1. The highest BCUT2D eigenvalue weighted by Gasteiger charge is 2.21. The van der Waals surface area contributed by atoms with Gasteiger partial charge in [0.15, 0.2) is 0 Å². The molecule has 0 aromatic heterocycles. The number of halogens is 2. The monoisotopic (exact) mass is 311 g/mol. The molecule has 0 heterocycles. The van der Waals surface area contributed by atoms with Gasteiger partial charge >= 0.3 is 0 Å². The van der Waals surface area contributed by atoms with Crippen molar-refractivity contribution in [3.8, 4) is 0 Å². The van der Waals surface area contributed by atoms with E-state index in [1.54, 1.807) is 0 Å². The normalized spacial score (nSPS) is 11.8. The minimum absolute atomic E-state index is 0.0442. The van der Waals surface area contributed by atoms with E-state index in [0.717, 1.165) is 6.07 Å². The summed E-state index contributed by atoms with van der Waals surface area (Å²) in [4.78, 5) is -0.568. The number of methoxy groups -OCH3 is 1. The quantitative estimate of drug-likeness (QED) is 0.744. The minimum Gasteiger partial charge on any atom is -0.392 e. The van der Waals surface area contributed by atoms with Crippen LogP contribution in [-0.2, 0) is 21.4 Å². The summed E-state index contributed by atoms with van der Waals surface area (Å²) in [6, 6.07) is 2.19. The molecule has 0 unspecified atom stereocenters. The van der Waals surface area contributed by atoms with Crippen molar-refractivity contribution in [3.05, 3.63) is 28.5 Å². The van der Waals surface area contributed by atoms with Gasteiger partial charge in [0.25, 0.3) is 0 Å². The van der Waals surface area contributed by atoms with Gasteiger partial charge in [-0.3, -0.25) is 0 Å². The van der Waals surface area contributed by atoms with Crippen LogP contribution in [0.1, 0.15) is 12.0 Å². The van der Waals surface area contributed by atoms with Crippen molar-refractivity contribution in [1.29, 1.82) is 0 Å². The third-order valence-corrected chi connectivity index (χ3v) is 4.04. The second-order valence-electron chi connectivity index (χ2n) is 3.78. The molecule has 0 bridgehead atoms. The average molecular weight is 312 g/mol. The maximum Gasteiger partial charge on any atom is 0.243 e. The van der Waals surface area contributed by atoms with Crippen LogP contribution in [0.5, 0.6) is 0 Å².